The first kappa shape index (κ1) is 17.9. The highest BCUT2D eigenvalue weighted by Gasteiger charge is 2.15. The second-order valence-electron chi connectivity index (χ2n) is 6.83. The van der Waals surface area contributed by atoms with Gasteiger partial charge in [-0.05, 0) is 51.8 Å². The highest BCUT2D eigenvalue weighted by molar-refractivity contribution is 5.92. The van der Waals surface area contributed by atoms with Crippen LogP contribution in [-0.4, -0.2) is 15.7 Å². The summed E-state index contributed by atoms with van der Waals surface area (Å²) in [6.07, 6.45) is 1.19. The maximum Gasteiger partial charge on any atom is 0.224 e. The molecule has 0 radical (unpaired) electrons. The van der Waals surface area contributed by atoms with E-state index < -0.39 is 0 Å². The zero-order chi connectivity index (χ0) is 18.7. The van der Waals surface area contributed by atoms with Crippen molar-refractivity contribution in [3.63, 3.8) is 0 Å². The standard InChI is InChI=1S/C22H25N3O/c1-15-5-9-19(10-6-15)11-14-21(26)23-22-17(3)24-25(18(22)4)20-12-7-16(2)8-13-20/h5-10,12-13H,11,14H2,1-4H3,(H,23,26). The van der Waals surface area contributed by atoms with Crippen molar-refractivity contribution >= 4 is 11.6 Å². The first-order valence-corrected chi connectivity index (χ1v) is 8.92. The van der Waals surface area contributed by atoms with Gasteiger partial charge in [-0.3, -0.25) is 4.79 Å². The zero-order valence-corrected chi connectivity index (χ0v) is 15.8. The van der Waals surface area contributed by atoms with Gasteiger partial charge < -0.3 is 5.32 Å². The average Bonchev–Trinajstić information content (AvgIpc) is 2.90. The molecule has 1 heterocycles. The fourth-order valence-corrected chi connectivity index (χ4v) is 2.98. The van der Waals surface area contributed by atoms with Crippen LogP contribution in [0.25, 0.3) is 5.69 Å². The van der Waals surface area contributed by atoms with Gasteiger partial charge in [0.15, 0.2) is 0 Å². The summed E-state index contributed by atoms with van der Waals surface area (Å²) in [6, 6.07) is 16.5. The fraction of sp³-hybridized carbons (Fsp3) is 0.273. The summed E-state index contributed by atoms with van der Waals surface area (Å²) in [7, 11) is 0. The molecule has 0 bridgehead atoms. The number of nitrogens with one attached hydrogen (secondary N) is 1. The van der Waals surface area contributed by atoms with Gasteiger partial charge in [0, 0.05) is 6.42 Å². The molecular formula is C22H25N3O. The summed E-state index contributed by atoms with van der Waals surface area (Å²) in [6.45, 7) is 8.03. The van der Waals surface area contributed by atoms with Crippen molar-refractivity contribution in [1.82, 2.24) is 9.78 Å². The predicted octanol–water partition coefficient (Wildman–Crippen LogP) is 4.68. The normalized spacial score (nSPS) is 10.8. The van der Waals surface area contributed by atoms with Crippen LogP contribution in [0.4, 0.5) is 5.69 Å². The Morgan fingerprint density at radius 2 is 1.50 bits per heavy atom. The Labute approximate surface area is 154 Å². The van der Waals surface area contributed by atoms with Gasteiger partial charge in [0.2, 0.25) is 5.91 Å². The summed E-state index contributed by atoms with van der Waals surface area (Å²) in [4.78, 5) is 12.4. The third-order valence-electron chi connectivity index (χ3n) is 4.60. The predicted molar refractivity (Wildman–Crippen MR) is 106 cm³/mol. The number of aryl methyl sites for hydroxylation is 4. The van der Waals surface area contributed by atoms with Crippen LogP contribution in [0, 0.1) is 27.7 Å². The monoisotopic (exact) mass is 347 g/mol. The molecule has 0 aliphatic rings. The molecule has 3 rings (SSSR count). The van der Waals surface area contributed by atoms with Gasteiger partial charge >= 0.3 is 0 Å². The minimum absolute atomic E-state index is 0.0141. The molecule has 0 unspecified atom stereocenters. The van der Waals surface area contributed by atoms with Crippen molar-refractivity contribution in [2.24, 2.45) is 0 Å². The van der Waals surface area contributed by atoms with E-state index in [4.69, 9.17) is 0 Å². The number of aromatic nitrogens is 2. The molecule has 3 aromatic rings. The number of amides is 1. The molecule has 0 atom stereocenters. The molecule has 1 amide bonds. The molecule has 2 aromatic carbocycles. The van der Waals surface area contributed by atoms with Crippen LogP contribution >= 0.6 is 0 Å². The van der Waals surface area contributed by atoms with Crippen LogP contribution in [0.15, 0.2) is 48.5 Å². The smallest absolute Gasteiger partial charge is 0.224 e. The lowest BCUT2D eigenvalue weighted by molar-refractivity contribution is -0.116. The van der Waals surface area contributed by atoms with E-state index in [0.29, 0.717) is 6.42 Å². The minimum atomic E-state index is 0.0141. The summed E-state index contributed by atoms with van der Waals surface area (Å²) in [5.41, 5.74) is 7.18. The van der Waals surface area contributed by atoms with E-state index >= 15 is 0 Å². The largest absolute Gasteiger partial charge is 0.323 e. The minimum Gasteiger partial charge on any atom is -0.323 e. The van der Waals surface area contributed by atoms with Gasteiger partial charge in [-0.25, -0.2) is 4.68 Å². The van der Waals surface area contributed by atoms with Crippen molar-refractivity contribution in [3.8, 4) is 5.69 Å². The number of rotatable bonds is 5. The van der Waals surface area contributed by atoms with E-state index in [-0.39, 0.29) is 5.91 Å². The second kappa shape index (κ2) is 7.56. The fourth-order valence-electron chi connectivity index (χ4n) is 2.98. The van der Waals surface area contributed by atoms with Gasteiger partial charge in [0.1, 0.15) is 0 Å². The lowest BCUT2D eigenvalue weighted by atomic mass is 10.1. The van der Waals surface area contributed by atoms with E-state index in [2.05, 4.69) is 60.7 Å². The van der Waals surface area contributed by atoms with Crippen molar-refractivity contribution in [1.29, 1.82) is 0 Å². The number of nitrogens with zero attached hydrogens (tertiary/aromatic N) is 2. The summed E-state index contributed by atoms with van der Waals surface area (Å²) < 4.78 is 1.88. The molecule has 0 spiro atoms. The highest BCUT2D eigenvalue weighted by atomic mass is 16.1. The second-order valence-corrected chi connectivity index (χ2v) is 6.83. The summed E-state index contributed by atoms with van der Waals surface area (Å²) >= 11 is 0. The first-order valence-electron chi connectivity index (χ1n) is 8.92. The molecule has 1 aromatic heterocycles. The molecule has 0 aliphatic heterocycles. The van der Waals surface area contributed by atoms with Crippen LogP contribution in [0.5, 0.6) is 0 Å². The molecule has 26 heavy (non-hydrogen) atoms. The third kappa shape index (κ3) is 4.02. The first-order chi connectivity index (χ1) is 12.4. The Morgan fingerprint density at radius 3 is 2.12 bits per heavy atom. The van der Waals surface area contributed by atoms with Crippen molar-refractivity contribution in [3.05, 3.63) is 76.6 Å². The molecule has 0 aliphatic carbocycles. The van der Waals surface area contributed by atoms with Gasteiger partial charge in [0.05, 0.1) is 22.8 Å². The molecule has 134 valence electrons. The Balaban J connectivity index is 1.70. The quantitative estimate of drug-likeness (QED) is 0.728. The molecular weight excluding hydrogens is 322 g/mol. The van der Waals surface area contributed by atoms with Gasteiger partial charge in [0.25, 0.3) is 0 Å². The number of carbonyl (C=O) groups is 1. The number of anilines is 1. The van der Waals surface area contributed by atoms with Crippen LogP contribution < -0.4 is 5.32 Å². The Kier molecular flexibility index (Phi) is 5.21. The van der Waals surface area contributed by atoms with Crippen molar-refractivity contribution < 1.29 is 4.79 Å². The van der Waals surface area contributed by atoms with E-state index in [1.807, 2.05) is 30.7 Å². The lowest BCUT2D eigenvalue weighted by Gasteiger charge is -2.08. The Hall–Kier alpha value is -2.88. The van der Waals surface area contributed by atoms with Crippen LogP contribution in [0.1, 0.15) is 34.5 Å². The Morgan fingerprint density at radius 1 is 0.923 bits per heavy atom. The third-order valence-corrected chi connectivity index (χ3v) is 4.60. The topological polar surface area (TPSA) is 46.9 Å². The summed E-state index contributed by atoms with van der Waals surface area (Å²) in [5, 5.41) is 7.63. The number of benzene rings is 2. The van der Waals surface area contributed by atoms with E-state index in [9.17, 15) is 4.79 Å². The van der Waals surface area contributed by atoms with Crippen LogP contribution in [0.2, 0.25) is 0 Å². The summed E-state index contributed by atoms with van der Waals surface area (Å²) in [5.74, 6) is 0.0141. The molecule has 4 nitrogen and oxygen atoms in total. The van der Waals surface area contributed by atoms with E-state index in [1.54, 1.807) is 0 Å². The molecule has 1 N–H and O–H groups in total. The number of hydrogen-bond donors (Lipinski definition) is 1. The van der Waals surface area contributed by atoms with Crippen LogP contribution in [-0.2, 0) is 11.2 Å². The SMILES string of the molecule is Cc1ccc(CCC(=O)Nc2c(C)nn(-c3ccc(C)cc3)c2C)cc1. The molecule has 0 saturated carbocycles. The maximum absolute atomic E-state index is 12.4. The average molecular weight is 347 g/mol. The van der Waals surface area contributed by atoms with E-state index in [0.717, 1.165) is 29.2 Å². The van der Waals surface area contributed by atoms with Gasteiger partial charge in [-0.1, -0.05) is 47.5 Å². The molecule has 0 saturated heterocycles. The number of carbonyl (C=O) groups excluding carboxylic acids is 1. The van der Waals surface area contributed by atoms with Gasteiger partial charge in [-0.15, -0.1) is 0 Å². The zero-order valence-electron chi connectivity index (χ0n) is 15.8. The van der Waals surface area contributed by atoms with Crippen LogP contribution in [0.3, 0.4) is 0 Å². The molecule has 0 fully saturated rings. The lowest BCUT2D eigenvalue weighted by Crippen LogP contribution is -2.13. The van der Waals surface area contributed by atoms with Crippen molar-refractivity contribution in [2.45, 2.75) is 40.5 Å². The maximum atomic E-state index is 12.4. The molecule has 4 heteroatoms. The Bertz CT molecular complexity index is 906. The van der Waals surface area contributed by atoms with Gasteiger partial charge in [-0.2, -0.15) is 5.10 Å². The highest BCUT2D eigenvalue weighted by Crippen LogP contribution is 2.23. The van der Waals surface area contributed by atoms with E-state index in [1.165, 1.54) is 16.7 Å². The number of hydrogen-bond acceptors (Lipinski definition) is 2. The van der Waals surface area contributed by atoms with Crippen molar-refractivity contribution in [2.75, 3.05) is 5.32 Å².